The van der Waals surface area contributed by atoms with Crippen LogP contribution in [0, 0.1) is 6.92 Å². The Bertz CT molecular complexity index is 631. The average Bonchev–Trinajstić information content (AvgIpc) is 3.14. The summed E-state index contributed by atoms with van der Waals surface area (Å²) in [5.41, 5.74) is 9.08. The van der Waals surface area contributed by atoms with Gasteiger partial charge in [0, 0.05) is 22.5 Å². The lowest BCUT2D eigenvalue weighted by molar-refractivity contribution is 0.102. The van der Waals surface area contributed by atoms with Gasteiger partial charge in [0.05, 0.1) is 5.69 Å². The van der Waals surface area contributed by atoms with Crippen molar-refractivity contribution in [2.24, 2.45) is 0 Å². The second kappa shape index (κ2) is 4.66. The average molecular weight is 273 g/mol. The van der Waals surface area contributed by atoms with Crippen LogP contribution in [0.4, 0.5) is 10.8 Å². The van der Waals surface area contributed by atoms with E-state index >= 15 is 0 Å². The summed E-state index contributed by atoms with van der Waals surface area (Å²) >= 11 is 1.47. The minimum absolute atomic E-state index is 0.164. The second-order valence-electron chi connectivity index (χ2n) is 4.88. The molecule has 19 heavy (non-hydrogen) atoms. The number of aromatic nitrogens is 1. The van der Waals surface area contributed by atoms with Gasteiger partial charge in [-0.05, 0) is 37.5 Å². The molecule has 0 spiro atoms. The highest BCUT2D eigenvalue weighted by Gasteiger charge is 2.26. The van der Waals surface area contributed by atoms with Crippen molar-refractivity contribution in [2.45, 2.75) is 25.7 Å². The van der Waals surface area contributed by atoms with Crippen LogP contribution in [0.15, 0.2) is 23.6 Å². The molecule has 0 aliphatic heterocycles. The molecule has 0 atom stereocenters. The fraction of sp³-hybridized carbons (Fsp3) is 0.286. The predicted molar refractivity (Wildman–Crippen MR) is 77.6 cm³/mol. The Morgan fingerprint density at radius 2 is 2.26 bits per heavy atom. The van der Waals surface area contributed by atoms with Gasteiger partial charge in [0.1, 0.15) is 0 Å². The number of hydrogen-bond donors (Lipinski definition) is 2. The van der Waals surface area contributed by atoms with Crippen LogP contribution >= 0.6 is 11.3 Å². The smallest absolute Gasteiger partial charge is 0.257 e. The molecule has 1 aromatic heterocycles. The Morgan fingerprint density at radius 1 is 1.47 bits per heavy atom. The molecule has 1 aliphatic rings. The summed E-state index contributed by atoms with van der Waals surface area (Å²) in [4.78, 5) is 16.5. The number of nitrogens with zero attached hydrogens (tertiary/aromatic N) is 1. The number of nitrogen functional groups attached to an aromatic ring is 1. The monoisotopic (exact) mass is 273 g/mol. The van der Waals surface area contributed by atoms with Gasteiger partial charge < -0.3 is 5.73 Å². The van der Waals surface area contributed by atoms with Crippen LogP contribution in [0.3, 0.4) is 0 Å². The van der Waals surface area contributed by atoms with Gasteiger partial charge in [-0.25, -0.2) is 4.98 Å². The molecule has 0 radical (unpaired) electrons. The molecule has 1 fully saturated rings. The zero-order valence-electron chi connectivity index (χ0n) is 10.6. The summed E-state index contributed by atoms with van der Waals surface area (Å²) in [6.45, 7) is 1.92. The molecular formula is C14H15N3OS. The highest BCUT2D eigenvalue weighted by molar-refractivity contribution is 7.14. The van der Waals surface area contributed by atoms with Gasteiger partial charge in [-0.3, -0.25) is 10.1 Å². The number of hydrogen-bond acceptors (Lipinski definition) is 4. The number of nitrogens with one attached hydrogen (secondary N) is 1. The molecule has 3 N–H and O–H groups in total. The third kappa shape index (κ3) is 2.61. The summed E-state index contributed by atoms with van der Waals surface area (Å²) in [5.74, 6) is 0.445. The van der Waals surface area contributed by atoms with Gasteiger partial charge in [-0.15, -0.1) is 11.3 Å². The van der Waals surface area contributed by atoms with Gasteiger partial charge in [-0.1, -0.05) is 6.07 Å². The van der Waals surface area contributed by atoms with E-state index in [-0.39, 0.29) is 5.91 Å². The number of carbonyl (C=O) groups is 1. The minimum atomic E-state index is -0.164. The van der Waals surface area contributed by atoms with E-state index in [9.17, 15) is 4.79 Å². The van der Waals surface area contributed by atoms with Crippen molar-refractivity contribution in [3.8, 4) is 0 Å². The highest BCUT2D eigenvalue weighted by Crippen LogP contribution is 2.40. The molecule has 98 valence electrons. The van der Waals surface area contributed by atoms with Crippen LogP contribution in [0.25, 0.3) is 0 Å². The molecule has 0 bridgehead atoms. The zero-order chi connectivity index (χ0) is 13.4. The van der Waals surface area contributed by atoms with E-state index in [1.807, 2.05) is 18.4 Å². The van der Waals surface area contributed by atoms with E-state index in [1.54, 1.807) is 12.1 Å². The normalized spacial score (nSPS) is 14.4. The van der Waals surface area contributed by atoms with Crippen molar-refractivity contribution in [1.82, 2.24) is 4.98 Å². The van der Waals surface area contributed by atoms with Crippen molar-refractivity contribution in [3.63, 3.8) is 0 Å². The highest BCUT2D eigenvalue weighted by atomic mass is 32.1. The maximum atomic E-state index is 12.1. The molecule has 1 aliphatic carbocycles. The third-order valence-electron chi connectivity index (χ3n) is 3.28. The number of aryl methyl sites for hydroxylation is 1. The maximum absolute atomic E-state index is 12.1. The van der Waals surface area contributed by atoms with Crippen LogP contribution in [0.2, 0.25) is 0 Å². The molecule has 2 aromatic rings. The summed E-state index contributed by atoms with van der Waals surface area (Å²) in [7, 11) is 0. The van der Waals surface area contributed by atoms with Crippen LogP contribution in [0.5, 0.6) is 0 Å². The Kier molecular flexibility index (Phi) is 2.98. The van der Waals surface area contributed by atoms with Gasteiger partial charge >= 0.3 is 0 Å². The van der Waals surface area contributed by atoms with Crippen molar-refractivity contribution < 1.29 is 4.79 Å². The van der Waals surface area contributed by atoms with E-state index < -0.39 is 0 Å². The van der Waals surface area contributed by atoms with Crippen molar-refractivity contribution in [2.75, 3.05) is 11.1 Å². The van der Waals surface area contributed by atoms with Crippen LogP contribution in [0.1, 0.15) is 40.4 Å². The Labute approximate surface area is 115 Å². The van der Waals surface area contributed by atoms with Crippen molar-refractivity contribution in [1.29, 1.82) is 0 Å². The zero-order valence-corrected chi connectivity index (χ0v) is 11.5. The first kappa shape index (κ1) is 12.2. The van der Waals surface area contributed by atoms with E-state index in [0.717, 1.165) is 11.3 Å². The van der Waals surface area contributed by atoms with E-state index in [2.05, 4.69) is 10.3 Å². The molecule has 1 aromatic carbocycles. The minimum Gasteiger partial charge on any atom is -0.398 e. The van der Waals surface area contributed by atoms with Crippen LogP contribution in [-0.2, 0) is 0 Å². The summed E-state index contributed by atoms with van der Waals surface area (Å²) in [5, 5.41) is 5.50. The predicted octanol–water partition coefficient (Wildman–Crippen LogP) is 3.16. The molecule has 3 rings (SSSR count). The number of rotatable bonds is 3. The van der Waals surface area contributed by atoms with Crippen molar-refractivity contribution in [3.05, 3.63) is 40.4 Å². The van der Waals surface area contributed by atoms with Gasteiger partial charge in [0.2, 0.25) is 0 Å². The molecular weight excluding hydrogens is 258 g/mol. The topological polar surface area (TPSA) is 68.0 Å². The first-order valence-corrected chi connectivity index (χ1v) is 7.14. The Morgan fingerprint density at radius 3 is 2.95 bits per heavy atom. The molecule has 1 saturated carbocycles. The Balaban J connectivity index is 1.74. The Hall–Kier alpha value is -1.88. The standard InChI is InChI=1S/C14H15N3OS/c1-8-2-3-10(6-11(8)15)13(18)17-14-16-12(7-19-14)9-4-5-9/h2-3,6-7,9H,4-5,15H2,1H3,(H,16,17,18). The molecule has 1 heterocycles. The number of carbonyl (C=O) groups excluding carboxylic acids is 1. The lowest BCUT2D eigenvalue weighted by Gasteiger charge is -2.04. The summed E-state index contributed by atoms with van der Waals surface area (Å²) in [6, 6.07) is 5.32. The van der Waals surface area contributed by atoms with E-state index in [1.165, 1.54) is 24.2 Å². The van der Waals surface area contributed by atoms with Gasteiger partial charge in [0.25, 0.3) is 5.91 Å². The third-order valence-corrected chi connectivity index (χ3v) is 4.06. The van der Waals surface area contributed by atoms with E-state index in [0.29, 0.717) is 22.3 Å². The number of nitrogens with two attached hydrogens (primary N) is 1. The first-order chi connectivity index (χ1) is 9.13. The fourth-order valence-corrected chi connectivity index (χ4v) is 2.65. The number of benzene rings is 1. The lowest BCUT2D eigenvalue weighted by atomic mass is 10.1. The number of amides is 1. The molecule has 1 amide bonds. The van der Waals surface area contributed by atoms with Crippen LogP contribution < -0.4 is 11.1 Å². The SMILES string of the molecule is Cc1ccc(C(=O)Nc2nc(C3CC3)cs2)cc1N. The maximum Gasteiger partial charge on any atom is 0.257 e. The van der Waals surface area contributed by atoms with Gasteiger partial charge in [0.15, 0.2) is 5.13 Å². The lowest BCUT2D eigenvalue weighted by Crippen LogP contribution is -2.12. The second-order valence-corrected chi connectivity index (χ2v) is 5.74. The van der Waals surface area contributed by atoms with E-state index in [4.69, 9.17) is 5.73 Å². The molecule has 0 saturated heterocycles. The van der Waals surface area contributed by atoms with Crippen LogP contribution in [-0.4, -0.2) is 10.9 Å². The quantitative estimate of drug-likeness (QED) is 0.844. The summed E-state index contributed by atoms with van der Waals surface area (Å²) < 4.78 is 0. The summed E-state index contributed by atoms with van der Waals surface area (Å²) in [6.07, 6.45) is 2.43. The number of anilines is 2. The molecule has 4 nitrogen and oxygen atoms in total. The largest absolute Gasteiger partial charge is 0.398 e. The first-order valence-electron chi connectivity index (χ1n) is 6.26. The molecule has 5 heteroatoms. The van der Waals surface area contributed by atoms with Crippen molar-refractivity contribution >= 4 is 28.1 Å². The fourth-order valence-electron chi connectivity index (χ4n) is 1.86. The molecule has 0 unspecified atom stereocenters. The number of thiazole rings is 1. The van der Waals surface area contributed by atoms with Gasteiger partial charge in [-0.2, -0.15) is 0 Å².